The number of rotatable bonds is 4. The number of carbonyl (C=O) groups excluding carboxylic acids is 1. The second-order valence-corrected chi connectivity index (χ2v) is 5.69. The van der Waals surface area contributed by atoms with Crippen LogP contribution >= 0.6 is 0 Å². The van der Waals surface area contributed by atoms with E-state index in [9.17, 15) is 18.0 Å². The lowest BCUT2D eigenvalue weighted by atomic mass is 9.96. The normalized spacial score (nSPS) is 15.3. The second-order valence-electron chi connectivity index (χ2n) is 5.69. The maximum atomic E-state index is 12.6. The SMILES string of the molecule is O=C(c1ccc(C(F)(F)F)cc1)c1ccccc1CN1CCC1. The van der Waals surface area contributed by atoms with Crippen LogP contribution in [0.25, 0.3) is 0 Å². The third-order valence-electron chi connectivity index (χ3n) is 4.08. The molecule has 0 spiro atoms. The third kappa shape index (κ3) is 3.45. The molecule has 1 aliphatic rings. The van der Waals surface area contributed by atoms with Crippen molar-refractivity contribution >= 4 is 5.78 Å². The molecule has 1 fully saturated rings. The van der Waals surface area contributed by atoms with Crippen LogP contribution in [0.4, 0.5) is 13.2 Å². The number of carbonyl (C=O) groups is 1. The number of nitrogens with zero attached hydrogens (tertiary/aromatic N) is 1. The van der Waals surface area contributed by atoms with Crippen molar-refractivity contribution in [3.8, 4) is 0 Å². The largest absolute Gasteiger partial charge is 0.416 e. The van der Waals surface area contributed by atoms with Gasteiger partial charge in [-0.15, -0.1) is 0 Å². The van der Waals surface area contributed by atoms with Crippen molar-refractivity contribution in [2.24, 2.45) is 0 Å². The first-order valence-corrected chi connectivity index (χ1v) is 7.47. The number of hydrogen-bond acceptors (Lipinski definition) is 2. The molecule has 0 radical (unpaired) electrons. The van der Waals surface area contributed by atoms with Gasteiger partial charge in [0.25, 0.3) is 0 Å². The van der Waals surface area contributed by atoms with E-state index >= 15 is 0 Å². The number of alkyl halides is 3. The van der Waals surface area contributed by atoms with Crippen molar-refractivity contribution in [1.29, 1.82) is 0 Å². The Labute approximate surface area is 132 Å². The molecule has 3 rings (SSSR count). The number of likely N-dealkylation sites (tertiary alicyclic amines) is 1. The van der Waals surface area contributed by atoms with E-state index in [-0.39, 0.29) is 11.3 Å². The molecule has 0 bridgehead atoms. The Morgan fingerprint density at radius 1 is 1.00 bits per heavy atom. The van der Waals surface area contributed by atoms with Crippen LogP contribution in [0.1, 0.15) is 33.5 Å². The molecule has 2 nitrogen and oxygen atoms in total. The van der Waals surface area contributed by atoms with E-state index in [0.29, 0.717) is 12.1 Å². The molecule has 5 heteroatoms. The minimum atomic E-state index is -4.39. The zero-order chi connectivity index (χ0) is 16.4. The minimum absolute atomic E-state index is 0.241. The van der Waals surface area contributed by atoms with Crippen LogP contribution < -0.4 is 0 Å². The minimum Gasteiger partial charge on any atom is -0.299 e. The highest BCUT2D eigenvalue weighted by Crippen LogP contribution is 2.29. The summed E-state index contributed by atoms with van der Waals surface area (Å²) in [6.07, 6.45) is -3.23. The Bertz CT molecular complexity index is 703. The highest BCUT2D eigenvalue weighted by atomic mass is 19.4. The Hall–Kier alpha value is -2.14. The summed E-state index contributed by atoms with van der Waals surface area (Å²) in [6, 6.07) is 11.7. The van der Waals surface area contributed by atoms with Crippen LogP contribution in [0.5, 0.6) is 0 Å². The molecule has 2 aromatic carbocycles. The van der Waals surface area contributed by atoms with Gasteiger partial charge in [0.2, 0.25) is 0 Å². The number of benzene rings is 2. The summed E-state index contributed by atoms with van der Waals surface area (Å²) in [6.45, 7) is 2.73. The Morgan fingerprint density at radius 3 is 2.22 bits per heavy atom. The van der Waals surface area contributed by atoms with Crippen LogP contribution in [0.2, 0.25) is 0 Å². The maximum Gasteiger partial charge on any atom is 0.416 e. The predicted octanol–water partition coefficient (Wildman–Crippen LogP) is 4.14. The van der Waals surface area contributed by atoms with Gasteiger partial charge in [-0.05, 0) is 37.2 Å². The summed E-state index contributed by atoms with van der Waals surface area (Å²) in [5.41, 5.74) is 0.994. The fourth-order valence-electron chi connectivity index (χ4n) is 2.63. The molecular weight excluding hydrogens is 303 g/mol. The van der Waals surface area contributed by atoms with Gasteiger partial charge in [0.1, 0.15) is 0 Å². The van der Waals surface area contributed by atoms with Crippen molar-refractivity contribution in [2.45, 2.75) is 19.1 Å². The van der Waals surface area contributed by atoms with Crippen LogP contribution in [-0.4, -0.2) is 23.8 Å². The molecule has 2 aromatic rings. The standard InChI is InChI=1S/C18H16F3NO/c19-18(20,21)15-8-6-13(7-9-15)17(23)16-5-2-1-4-14(16)12-22-10-3-11-22/h1-2,4-9H,3,10-12H2. The molecule has 0 amide bonds. The zero-order valence-electron chi connectivity index (χ0n) is 12.4. The van der Waals surface area contributed by atoms with Crippen molar-refractivity contribution in [3.63, 3.8) is 0 Å². The molecule has 1 heterocycles. The summed E-state index contributed by atoms with van der Waals surface area (Å²) < 4.78 is 37.8. The summed E-state index contributed by atoms with van der Waals surface area (Å²) in [5.74, 6) is -0.241. The molecule has 1 saturated heterocycles. The van der Waals surface area contributed by atoms with E-state index in [2.05, 4.69) is 4.90 Å². The van der Waals surface area contributed by atoms with E-state index in [1.54, 1.807) is 12.1 Å². The van der Waals surface area contributed by atoms with Gasteiger partial charge < -0.3 is 0 Å². The smallest absolute Gasteiger partial charge is 0.299 e. The Kier molecular flexibility index (Phi) is 4.22. The van der Waals surface area contributed by atoms with Gasteiger partial charge >= 0.3 is 6.18 Å². The van der Waals surface area contributed by atoms with Crippen LogP contribution in [0, 0.1) is 0 Å². The van der Waals surface area contributed by atoms with E-state index < -0.39 is 11.7 Å². The summed E-state index contributed by atoms with van der Waals surface area (Å²) in [5, 5.41) is 0. The summed E-state index contributed by atoms with van der Waals surface area (Å²) >= 11 is 0. The monoisotopic (exact) mass is 319 g/mol. The fourth-order valence-corrected chi connectivity index (χ4v) is 2.63. The van der Waals surface area contributed by atoms with Crippen molar-refractivity contribution in [3.05, 3.63) is 70.8 Å². The lowest BCUT2D eigenvalue weighted by Crippen LogP contribution is -2.36. The first kappa shape index (κ1) is 15.7. The van der Waals surface area contributed by atoms with Crippen LogP contribution in [0.15, 0.2) is 48.5 Å². The Balaban J connectivity index is 1.85. The van der Waals surface area contributed by atoms with E-state index in [1.807, 2.05) is 12.1 Å². The molecule has 1 aliphatic heterocycles. The van der Waals surface area contributed by atoms with Gasteiger partial charge in [0, 0.05) is 17.7 Å². The third-order valence-corrected chi connectivity index (χ3v) is 4.08. The van der Waals surface area contributed by atoms with Gasteiger partial charge in [0.15, 0.2) is 5.78 Å². The topological polar surface area (TPSA) is 20.3 Å². The van der Waals surface area contributed by atoms with Crippen LogP contribution in [0.3, 0.4) is 0 Å². The van der Waals surface area contributed by atoms with E-state index in [4.69, 9.17) is 0 Å². The quantitative estimate of drug-likeness (QED) is 0.789. The predicted molar refractivity (Wildman–Crippen MR) is 81.2 cm³/mol. The number of ketones is 1. The molecule has 0 unspecified atom stereocenters. The number of halogens is 3. The molecule has 0 N–H and O–H groups in total. The number of hydrogen-bond donors (Lipinski definition) is 0. The first-order valence-electron chi connectivity index (χ1n) is 7.47. The molecule has 0 aromatic heterocycles. The van der Waals surface area contributed by atoms with Gasteiger partial charge in [-0.1, -0.05) is 36.4 Å². The fraction of sp³-hybridized carbons (Fsp3) is 0.278. The van der Waals surface area contributed by atoms with E-state index in [1.165, 1.54) is 12.1 Å². The van der Waals surface area contributed by atoms with Gasteiger partial charge in [0.05, 0.1) is 5.56 Å². The lowest BCUT2D eigenvalue weighted by Gasteiger charge is -2.31. The molecule has 120 valence electrons. The zero-order valence-corrected chi connectivity index (χ0v) is 12.4. The van der Waals surface area contributed by atoms with Crippen molar-refractivity contribution in [2.75, 3.05) is 13.1 Å². The second kappa shape index (κ2) is 6.16. The average Bonchev–Trinajstić information content (AvgIpc) is 2.50. The molecular formula is C18H16F3NO. The molecule has 0 aliphatic carbocycles. The lowest BCUT2D eigenvalue weighted by molar-refractivity contribution is -0.137. The Morgan fingerprint density at radius 2 is 1.65 bits per heavy atom. The molecule has 0 saturated carbocycles. The van der Waals surface area contributed by atoms with Crippen molar-refractivity contribution in [1.82, 2.24) is 4.90 Å². The van der Waals surface area contributed by atoms with Gasteiger partial charge in [-0.2, -0.15) is 13.2 Å². The van der Waals surface area contributed by atoms with Crippen molar-refractivity contribution < 1.29 is 18.0 Å². The molecule has 23 heavy (non-hydrogen) atoms. The van der Waals surface area contributed by atoms with Gasteiger partial charge in [-0.3, -0.25) is 9.69 Å². The molecule has 0 atom stereocenters. The van der Waals surface area contributed by atoms with Gasteiger partial charge in [-0.25, -0.2) is 0 Å². The summed E-state index contributed by atoms with van der Waals surface area (Å²) in [7, 11) is 0. The summed E-state index contributed by atoms with van der Waals surface area (Å²) in [4.78, 5) is 14.9. The highest BCUT2D eigenvalue weighted by molar-refractivity contribution is 6.09. The van der Waals surface area contributed by atoms with Crippen LogP contribution in [-0.2, 0) is 12.7 Å². The first-order chi connectivity index (χ1) is 10.9. The van der Waals surface area contributed by atoms with E-state index in [0.717, 1.165) is 37.2 Å². The average molecular weight is 319 g/mol. The highest BCUT2D eigenvalue weighted by Gasteiger charge is 2.30. The maximum absolute atomic E-state index is 12.6.